The summed E-state index contributed by atoms with van der Waals surface area (Å²) in [5.41, 5.74) is 1.87. The summed E-state index contributed by atoms with van der Waals surface area (Å²) in [5.74, 6) is 0.513. The van der Waals surface area contributed by atoms with E-state index >= 15 is 0 Å². The first-order valence-corrected chi connectivity index (χ1v) is 11.2. The summed E-state index contributed by atoms with van der Waals surface area (Å²) in [7, 11) is 0.234. The van der Waals surface area contributed by atoms with Crippen molar-refractivity contribution in [3.63, 3.8) is 0 Å². The van der Waals surface area contributed by atoms with E-state index in [2.05, 4.69) is 14.6 Å². The monoisotopic (exact) mass is 427 g/mol. The topological polar surface area (TPSA) is 65.2 Å². The molecule has 150 valence electrons. The molecule has 0 bridgehead atoms. The van der Waals surface area contributed by atoms with Crippen LogP contribution in [0.4, 0.5) is 5.82 Å². The second-order valence-electron chi connectivity index (χ2n) is 7.31. The molecule has 0 spiro atoms. The van der Waals surface area contributed by atoms with Crippen molar-refractivity contribution in [1.82, 2.24) is 9.88 Å². The highest BCUT2D eigenvalue weighted by Gasteiger charge is 2.20. The molecule has 29 heavy (non-hydrogen) atoms. The maximum absolute atomic E-state index is 13.1. The number of halogens is 1. The third kappa shape index (κ3) is 3.96. The molecule has 4 rings (SSSR count). The summed E-state index contributed by atoms with van der Waals surface area (Å²) in [6.07, 6.45) is 0.724. The molecule has 4 aromatic rings. The van der Waals surface area contributed by atoms with Gasteiger partial charge < -0.3 is 9.88 Å². The number of hydrogen-bond acceptors (Lipinski definition) is 3. The molecule has 1 aromatic heterocycles. The third-order valence-corrected chi connectivity index (χ3v) is 6.65. The fraction of sp³-hybridized carbons (Fsp3) is 0.182. The van der Waals surface area contributed by atoms with Gasteiger partial charge in [0.15, 0.2) is 0 Å². The molecule has 3 aromatic carbocycles. The van der Waals surface area contributed by atoms with Gasteiger partial charge in [-0.25, -0.2) is 8.42 Å². The molecule has 0 atom stereocenters. The quantitative estimate of drug-likeness (QED) is 0.461. The number of likely N-dealkylation sites (N-methyl/N-ethyl adjacent to an activating group) is 1. The maximum Gasteiger partial charge on any atom is 0.263 e. The van der Waals surface area contributed by atoms with Gasteiger partial charge in [-0.05, 0) is 50.2 Å². The summed E-state index contributed by atoms with van der Waals surface area (Å²) < 4.78 is 29.0. The van der Waals surface area contributed by atoms with Crippen LogP contribution in [0.3, 0.4) is 0 Å². The van der Waals surface area contributed by atoms with Crippen LogP contribution >= 0.6 is 11.6 Å². The number of fused-ring (bicyclic) bond motifs is 2. The van der Waals surface area contributed by atoms with Crippen LogP contribution in [-0.2, 0) is 16.4 Å². The van der Waals surface area contributed by atoms with E-state index in [1.807, 2.05) is 50.5 Å². The van der Waals surface area contributed by atoms with Gasteiger partial charge in [0.2, 0.25) is 0 Å². The van der Waals surface area contributed by atoms with Crippen molar-refractivity contribution in [3.8, 4) is 0 Å². The van der Waals surface area contributed by atoms with Crippen molar-refractivity contribution in [2.24, 2.45) is 0 Å². The number of aromatic nitrogens is 1. The lowest BCUT2D eigenvalue weighted by Crippen LogP contribution is -2.17. The van der Waals surface area contributed by atoms with Crippen LogP contribution in [0.25, 0.3) is 21.7 Å². The van der Waals surface area contributed by atoms with E-state index in [0.717, 1.165) is 40.2 Å². The third-order valence-electron chi connectivity index (χ3n) is 4.97. The Hall–Kier alpha value is -2.54. The molecular formula is C22H22ClN3O2S. The van der Waals surface area contributed by atoms with Gasteiger partial charge in [-0.3, -0.25) is 4.72 Å². The zero-order chi connectivity index (χ0) is 20.6. The largest absolute Gasteiger partial charge is 0.341 e. The summed E-state index contributed by atoms with van der Waals surface area (Å²) in [6.45, 7) is 0.811. The standard InChI is InChI=1S/C22H22ClN3O2S/c1-26(2)13-12-19-18-7-3-4-9-21(18)24-22(19)25-29(27,28)16-10-11-17-15(14-16)6-5-8-20(17)23/h3-11,14,24-25H,12-13H2,1-2H3. The van der Waals surface area contributed by atoms with Crippen molar-refractivity contribution in [2.45, 2.75) is 11.3 Å². The highest BCUT2D eigenvalue weighted by Crippen LogP contribution is 2.30. The number of aromatic amines is 1. The van der Waals surface area contributed by atoms with E-state index in [1.54, 1.807) is 24.3 Å². The predicted octanol–water partition coefficient (Wildman–Crippen LogP) is 4.88. The molecule has 0 unspecified atom stereocenters. The summed E-state index contributed by atoms with van der Waals surface area (Å²) in [6, 6.07) is 18.3. The first-order valence-electron chi connectivity index (χ1n) is 9.30. The predicted molar refractivity (Wildman–Crippen MR) is 120 cm³/mol. The van der Waals surface area contributed by atoms with Gasteiger partial charge in [-0.1, -0.05) is 48.0 Å². The van der Waals surface area contributed by atoms with E-state index < -0.39 is 10.0 Å². The molecule has 0 aliphatic rings. The lowest BCUT2D eigenvalue weighted by atomic mass is 10.1. The van der Waals surface area contributed by atoms with Crippen LogP contribution in [0.2, 0.25) is 5.02 Å². The van der Waals surface area contributed by atoms with Crippen molar-refractivity contribution in [1.29, 1.82) is 0 Å². The summed E-state index contributed by atoms with van der Waals surface area (Å²) in [4.78, 5) is 5.51. The average Bonchev–Trinajstić information content (AvgIpc) is 3.02. The first kappa shape index (κ1) is 19.8. The Labute approximate surface area is 175 Å². The molecule has 0 radical (unpaired) electrons. The highest BCUT2D eigenvalue weighted by molar-refractivity contribution is 7.92. The summed E-state index contributed by atoms with van der Waals surface area (Å²) >= 11 is 6.21. The van der Waals surface area contributed by atoms with Gasteiger partial charge in [0.1, 0.15) is 5.82 Å². The number of H-pyrrole nitrogens is 1. The molecule has 0 saturated heterocycles. The Morgan fingerprint density at radius 1 is 1.00 bits per heavy atom. The first-order chi connectivity index (χ1) is 13.8. The molecular weight excluding hydrogens is 406 g/mol. The normalized spacial score (nSPS) is 12.1. The van der Waals surface area contributed by atoms with Crippen molar-refractivity contribution >= 4 is 49.1 Å². The van der Waals surface area contributed by atoms with Gasteiger partial charge in [-0.15, -0.1) is 0 Å². The number of anilines is 1. The maximum atomic E-state index is 13.1. The van der Waals surface area contributed by atoms with Crippen LogP contribution in [-0.4, -0.2) is 38.9 Å². The van der Waals surface area contributed by atoms with Gasteiger partial charge in [-0.2, -0.15) is 0 Å². The molecule has 1 heterocycles. The zero-order valence-corrected chi connectivity index (χ0v) is 17.8. The van der Waals surface area contributed by atoms with Crippen molar-refractivity contribution < 1.29 is 8.42 Å². The minimum absolute atomic E-state index is 0.199. The van der Waals surface area contributed by atoms with Crippen LogP contribution in [0, 0.1) is 0 Å². The molecule has 0 aliphatic carbocycles. The van der Waals surface area contributed by atoms with Crippen LogP contribution in [0.5, 0.6) is 0 Å². The van der Waals surface area contributed by atoms with E-state index in [4.69, 9.17) is 11.6 Å². The number of nitrogens with zero attached hydrogens (tertiary/aromatic N) is 1. The fourth-order valence-electron chi connectivity index (χ4n) is 3.46. The minimum atomic E-state index is -3.76. The molecule has 0 amide bonds. The smallest absolute Gasteiger partial charge is 0.263 e. The van der Waals surface area contributed by atoms with Crippen molar-refractivity contribution in [3.05, 3.63) is 71.2 Å². The van der Waals surface area contributed by atoms with Crippen molar-refractivity contribution in [2.75, 3.05) is 25.4 Å². The Bertz CT molecular complexity index is 1300. The number of nitrogens with one attached hydrogen (secondary N) is 2. The Kier molecular flexibility index (Phi) is 5.25. The molecule has 0 saturated carbocycles. The number of hydrogen-bond donors (Lipinski definition) is 2. The summed E-state index contributed by atoms with van der Waals surface area (Å²) in [5, 5.41) is 3.23. The van der Waals surface area contributed by atoms with Gasteiger partial charge in [0.05, 0.1) is 4.90 Å². The molecule has 7 heteroatoms. The van der Waals surface area contributed by atoms with Gasteiger partial charge in [0.25, 0.3) is 10.0 Å². The average molecular weight is 428 g/mol. The Morgan fingerprint density at radius 2 is 1.79 bits per heavy atom. The minimum Gasteiger partial charge on any atom is -0.341 e. The van der Waals surface area contributed by atoms with E-state index in [0.29, 0.717) is 10.8 Å². The highest BCUT2D eigenvalue weighted by atomic mass is 35.5. The Balaban J connectivity index is 1.74. The van der Waals surface area contributed by atoms with Crippen LogP contribution in [0.1, 0.15) is 5.56 Å². The van der Waals surface area contributed by atoms with E-state index in [1.165, 1.54) is 0 Å². The number of sulfonamides is 1. The number of para-hydroxylation sites is 1. The SMILES string of the molecule is CN(C)CCc1c(NS(=O)(=O)c2ccc3c(Cl)cccc3c2)[nH]c2ccccc12. The number of benzene rings is 3. The van der Waals surface area contributed by atoms with Gasteiger partial charge >= 0.3 is 0 Å². The zero-order valence-electron chi connectivity index (χ0n) is 16.2. The molecule has 0 aliphatic heterocycles. The van der Waals surface area contributed by atoms with E-state index in [-0.39, 0.29) is 4.90 Å². The van der Waals surface area contributed by atoms with Crippen LogP contribution in [0.15, 0.2) is 65.6 Å². The molecule has 5 nitrogen and oxygen atoms in total. The van der Waals surface area contributed by atoms with Crippen LogP contribution < -0.4 is 4.72 Å². The number of rotatable bonds is 6. The lowest BCUT2D eigenvalue weighted by Gasteiger charge is -2.12. The lowest BCUT2D eigenvalue weighted by molar-refractivity contribution is 0.414. The van der Waals surface area contributed by atoms with E-state index in [9.17, 15) is 8.42 Å². The molecule has 2 N–H and O–H groups in total. The second kappa shape index (κ2) is 7.71. The molecule has 0 fully saturated rings. The second-order valence-corrected chi connectivity index (χ2v) is 9.40. The van der Waals surface area contributed by atoms with Gasteiger partial charge in [0, 0.05) is 33.4 Å². The Morgan fingerprint density at radius 3 is 2.59 bits per heavy atom. The fourth-order valence-corrected chi connectivity index (χ4v) is 4.80.